The van der Waals surface area contributed by atoms with E-state index in [-0.39, 0.29) is 10.6 Å². The summed E-state index contributed by atoms with van der Waals surface area (Å²) < 4.78 is 39.6. The highest BCUT2D eigenvalue weighted by atomic mass is 35.5. The molecule has 0 heterocycles. The van der Waals surface area contributed by atoms with E-state index in [4.69, 9.17) is 11.6 Å². The van der Waals surface area contributed by atoms with Gasteiger partial charge in [0.1, 0.15) is 5.82 Å². The van der Waals surface area contributed by atoms with Crippen molar-refractivity contribution >= 4 is 27.3 Å². The minimum absolute atomic E-state index is 0.0161. The number of halogens is 2. The normalized spacial score (nSPS) is 11.4. The van der Waals surface area contributed by atoms with Crippen molar-refractivity contribution in [2.24, 2.45) is 0 Å². The maximum absolute atomic E-state index is 13.7. The molecule has 0 aliphatic heterocycles. The van der Waals surface area contributed by atoms with E-state index >= 15 is 0 Å². The van der Waals surface area contributed by atoms with Gasteiger partial charge >= 0.3 is 0 Å². The van der Waals surface area contributed by atoms with Crippen molar-refractivity contribution in [2.75, 3.05) is 17.2 Å². The van der Waals surface area contributed by atoms with E-state index in [9.17, 15) is 12.8 Å². The van der Waals surface area contributed by atoms with Crippen LogP contribution in [-0.2, 0) is 16.4 Å². The Balaban J connectivity index is 2.35. The third-order valence-electron chi connectivity index (χ3n) is 3.16. The van der Waals surface area contributed by atoms with Gasteiger partial charge in [0.05, 0.1) is 10.6 Å². The molecule has 0 aliphatic rings. The molecule has 0 spiro atoms. The lowest BCUT2D eigenvalue weighted by molar-refractivity contribution is 0.589. The second-order valence-corrected chi connectivity index (χ2v) is 6.85. The van der Waals surface area contributed by atoms with Crippen molar-refractivity contribution in [2.45, 2.75) is 11.3 Å². The van der Waals surface area contributed by atoms with E-state index in [1.807, 2.05) is 0 Å². The highest BCUT2D eigenvalue weighted by Gasteiger charge is 2.23. The highest BCUT2D eigenvalue weighted by Crippen LogP contribution is 2.24. The predicted octanol–water partition coefficient (Wildman–Crippen LogP) is 3.43. The largest absolute Gasteiger partial charge is 0.266 e. The zero-order valence-corrected chi connectivity index (χ0v) is 13.0. The molecule has 2 rings (SSSR count). The van der Waals surface area contributed by atoms with Crippen molar-refractivity contribution in [3.8, 4) is 0 Å². The summed E-state index contributed by atoms with van der Waals surface area (Å²) in [5.74, 6) is -0.108. The Morgan fingerprint density at radius 3 is 2.29 bits per heavy atom. The first-order chi connectivity index (χ1) is 9.96. The number of para-hydroxylation sites is 1. The van der Waals surface area contributed by atoms with Gasteiger partial charge in [-0.3, -0.25) is 4.31 Å². The third-order valence-corrected chi connectivity index (χ3v) is 5.13. The van der Waals surface area contributed by atoms with Crippen LogP contribution in [0.4, 0.5) is 10.1 Å². The molecule has 0 amide bonds. The molecule has 3 nitrogen and oxygen atoms in total. The summed E-state index contributed by atoms with van der Waals surface area (Å²) in [6, 6.07) is 12.2. The lowest BCUT2D eigenvalue weighted by Crippen LogP contribution is -2.27. The van der Waals surface area contributed by atoms with Crippen LogP contribution in [-0.4, -0.2) is 21.3 Å². The number of sulfonamides is 1. The fourth-order valence-electron chi connectivity index (χ4n) is 1.93. The van der Waals surface area contributed by atoms with Crippen LogP contribution in [0.2, 0.25) is 0 Å². The monoisotopic (exact) mass is 327 g/mol. The first-order valence-electron chi connectivity index (χ1n) is 6.35. The summed E-state index contributed by atoms with van der Waals surface area (Å²) >= 11 is 5.65. The van der Waals surface area contributed by atoms with E-state index in [1.54, 1.807) is 18.2 Å². The predicted molar refractivity (Wildman–Crippen MR) is 82.9 cm³/mol. The van der Waals surface area contributed by atoms with Gasteiger partial charge in [0.2, 0.25) is 0 Å². The average Bonchev–Trinajstić information content (AvgIpc) is 2.48. The number of aryl methyl sites for hydroxylation is 1. The van der Waals surface area contributed by atoms with E-state index < -0.39 is 15.8 Å². The maximum Gasteiger partial charge on any atom is 0.264 e. The third kappa shape index (κ3) is 3.36. The zero-order chi connectivity index (χ0) is 15.5. The van der Waals surface area contributed by atoms with E-state index in [1.165, 1.54) is 37.4 Å². The van der Waals surface area contributed by atoms with Gasteiger partial charge in [-0.25, -0.2) is 12.8 Å². The second kappa shape index (κ2) is 6.45. The molecule has 0 aromatic heterocycles. The number of hydrogen-bond donors (Lipinski definition) is 0. The Kier molecular flexibility index (Phi) is 4.85. The van der Waals surface area contributed by atoms with Crippen LogP contribution in [0.3, 0.4) is 0 Å². The number of anilines is 1. The lowest BCUT2D eigenvalue weighted by atomic mass is 10.2. The van der Waals surface area contributed by atoms with Gasteiger partial charge in [0.15, 0.2) is 0 Å². The molecule has 0 bridgehead atoms. The SMILES string of the molecule is CN(c1ccccc1F)S(=O)(=O)c1ccc(CCCl)cc1. The standard InChI is InChI=1S/C15H15ClFNO2S/c1-18(15-5-3-2-4-14(15)17)21(19,20)13-8-6-12(7-9-13)10-11-16/h2-9H,10-11H2,1H3. The number of benzene rings is 2. The lowest BCUT2D eigenvalue weighted by Gasteiger charge is -2.20. The summed E-state index contributed by atoms with van der Waals surface area (Å²) in [5.41, 5.74) is 0.972. The van der Waals surface area contributed by atoms with Gasteiger partial charge in [-0.05, 0) is 36.2 Å². The van der Waals surface area contributed by atoms with Gasteiger partial charge in [-0.2, -0.15) is 0 Å². The average molecular weight is 328 g/mol. The summed E-state index contributed by atoms with van der Waals surface area (Å²) in [7, 11) is -2.45. The number of nitrogens with zero attached hydrogens (tertiary/aromatic N) is 1. The summed E-state index contributed by atoms with van der Waals surface area (Å²) in [5, 5.41) is 0. The number of rotatable bonds is 5. The van der Waals surface area contributed by atoms with Gasteiger partial charge in [-0.1, -0.05) is 24.3 Å². The summed E-state index contributed by atoms with van der Waals surface area (Å²) in [6.07, 6.45) is 0.672. The van der Waals surface area contributed by atoms with Crippen molar-refractivity contribution < 1.29 is 12.8 Å². The van der Waals surface area contributed by atoms with Crippen LogP contribution in [0.5, 0.6) is 0 Å². The number of hydrogen-bond acceptors (Lipinski definition) is 2. The molecule has 6 heteroatoms. The maximum atomic E-state index is 13.7. The van der Waals surface area contributed by atoms with Crippen molar-refractivity contribution in [1.29, 1.82) is 0 Å². The summed E-state index contributed by atoms with van der Waals surface area (Å²) in [4.78, 5) is 0.117. The van der Waals surface area contributed by atoms with Crippen LogP contribution in [0.1, 0.15) is 5.56 Å². The molecule has 0 saturated heterocycles. The first-order valence-corrected chi connectivity index (χ1v) is 8.32. The molecule has 0 aliphatic carbocycles. The van der Waals surface area contributed by atoms with Crippen LogP contribution in [0, 0.1) is 5.82 Å². The van der Waals surface area contributed by atoms with E-state index in [0.29, 0.717) is 12.3 Å². The van der Waals surface area contributed by atoms with Crippen LogP contribution in [0.15, 0.2) is 53.4 Å². The molecule has 112 valence electrons. The van der Waals surface area contributed by atoms with Gasteiger partial charge in [0, 0.05) is 12.9 Å². The fraction of sp³-hybridized carbons (Fsp3) is 0.200. The van der Waals surface area contributed by atoms with E-state index in [2.05, 4.69) is 0 Å². The van der Waals surface area contributed by atoms with Crippen molar-refractivity contribution in [3.05, 3.63) is 59.9 Å². The Labute approximate surface area is 129 Å². The molecular weight excluding hydrogens is 313 g/mol. The molecule has 0 N–H and O–H groups in total. The minimum atomic E-state index is -3.79. The Bertz CT molecular complexity index is 717. The highest BCUT2D eigenvalue weighted by molar-refractivity contribution is 7.92. The molecular formula is C15H15ClFNO2S. The van der Waals surface area contributed by atoms with Gasteiger partial charge in [-0.15, -0.1) is 11.6 Å². The molecule has 0 fully saturated rings. The molecule has 0 radical (unpaired) electrons. The molecule has 0 atom stereocenters. The van der Waals surface area contributed by atoms with Crippen LogP contribution < -0.4 is 4.31 Å². The first kappa shape index (κ1) is 15.8. The molecule has 0 unspecified atom stereocenters. The quantitative estimate of drug-likeness (QED) is 0.789. The number of alkyl halides is 1. The van der Waals surface area contributed by atoms with Gasteiger partial charge < -0.3 is 0 Å². The Hall–Kier alpha value is -1.59. The van der Waals surface area contributed by atoms with Crippen LogP contribution in [0.25, 0.3) is 0 Å². The Morgan fingerprint density at radius 2 is 1.71 bits per heavy atom. The molecule has 21 heavy (non-hydrogen) atoms. The molecule has 0 saturated carbocycles. The minimum Gasteiger partial charge on any atom is -0.266 e. The van der Waals surface area contributed by atoms with Gasteiger partial charge in [0.25, 0.3) is 10.0 Å². The van der Waals surface area contributed by atoms with E-state index in [0.717, 1.165) is 9.87 Å². The smallest absolute Gasteiger partial charge is 0.264 e. The van der Waals surface area contributed by atoms with Crippen LogP contribution >= 0.6 is 11.6 Å². The topological polar surface area (TPSA) is 37.4 Å². The zero-order valence-electron chi connectivity index (χ0n) is 11.5. The molecule has 2 aromatic rings. The second-order valence-electron chi connectivity index (χ2n) is 4.51. The fourth-order valence-corrected chi connectivity index (χ4v) is 3.35. The van der Waals surface area contributed by atoms with Crippen molar-refractivity contribution in [3.63, 3.8) is 0 Å². The summed E-state index contributed by atoms with van der Waals surface area (Å²) in [6.45, 7) is 0. The van der Waals surface area contributed by atoms with Crippen molar-refractivity contribution in [1.82, 2.24) is 0 Å². The Morgan fingerprint density at radius 1 is 1.10 bits per heavy atom. The molecule has 2 aromatic carbocycles.